The molecule has 0 aromatic rings. The molecule has 8 nitrogen and oxygen atoms in total. The number of aliphatic hydroxyl groups excluding tert-OH is 3. The SMILES string of the molecule is CC1(N)N=CN=C2C1=CCN2[C@@H]1O[C@H](CO)[C@@H](O)[C@H]1O. The Morgan fingerprint density at radius 1 is 1.50 bits per heavy atom. The van der Waals surface area contributed by atoms with Gasteiger partial charge in [-0.05, 0) is 6.92 Å². The smallest absolute Gasteiger partial charge is 0.161 e. The van der Waals surface area contributed by atoms with Gasteiger partial charge in [-0.3, -0.25) is 0 Å². The van der Waals surface area contributed by atoms with Crippen molar-refractivity contribution < 1.29 is 20.1 Å². The summed E-state index contributed by atoms with van der Waals surface area (Å²) < 4.78 is 5.51. The standard InChI is InChI=1S/C12H18N4O4/c1-12(13)6-2-3-16(10(6)14-5-15-12)11-9(19)8(18)7(4-17)20-11/h2,5,7-9,11,17-19H,3-4,13H2,1H3/t7-,8-,9-,11-,12?/m1/s1. The molecule has 0 radical (unpaired) electrons. The topological polar surface area (TPSA) is 124 Å². The normalized spacial score (nSPS) is 43.5. The Balaban J connectivity index is 1.85. The van der Waals surface area contributed by atoms with E-state index in [-0.39, 0.29) is 6.61 Å². The van der Waals surface area contributed by atoms with E-state index in [1.165, 1.54) is 6.34 Å². The van der Waals surface area contributed by atoms with Gasteiger partial charge in [0.2, 0.25) is 0 Å². The van der Waals surface area contributed by atoms with Crippen LogP contribution in [0.15, 0.2) is 21.6 Å². The van der Waals surface area contributed by atoms with Crippen LogP contribution in [0.4, 0.5) is 0 Å². The summed E-state index contributed by atoms with van der Waals surface area (Å²) in [5.74, 6) is 0.583. The second-order valence-electron chi connectivity index (χ2n) is 5.34. The molecule has 5 atom stereocenters. The molecule has 0 amide bonds. The van der Waals surface area contributed by atoms with Crippen molar-refractivity contribution in [3.63, 3.8) is 0 Å². The van der Waals surface area contributed by atoms with Crippen molar-refractivity contribution in [3.05, 3.63) is 11.6 Å². The summed E-state index contributed by atoms with van der Waals surface area (Å²) in [4.78, 5) is 10.0. The maximum atomic E-state index is 10.1. The lowest BCUT2D eigenvalue weighted by atomic mass is 10.0. The van der Waals surface area contributed by atoms with Crippen LogP contribution in [0.25, 0.3) is 0 Å². The van der Waals surface area contributed by atoms with Gasteiger partial charge in [0, 0.05) is 12.1 Å². The summed E-state index contributed by atoms with van der Waals surface area (Å²) in [6, 6.07) is 0. The molecule has 0 aliphatic carbocycles. The summed E-state index contributed by atoms with van der Waals surface area (Å²) >= 11 is 0. The number of hydrogen-bond acceptors (Lipinski definition) is 8. The molecule has 5 N–H and O–H groups in total. The molecular formula is C12H18N4O4. The second kappa shape index (κ2) is 4.61. The van der Waals surface area contributed by atoms with E-state index in [0.717, 1.165) is 5.57 Å². The monoisotopic (exact) mass is 282 g/mol. The zero-order chi connectivity index (χ0) is 14.5. The Morgan fingerprint density at radius 2 is 2.25 bits per heavy atom. The van der Waals surface area contributed by atoms with Gasteiger partial charge in [0.1, 0.15) is 36.1 Å². The minimum absolute atomic E-state index is 0.356. The quantitative estimate of drug-likeness (QED) is 0.455. The molecule has 0 aromatic heterocycles. The number of amidine groups is 1. The maximum Gasteiger partial charge on any atom is 0.161 e. The summed E-state index contributed by atoms with van der Waals surface area (Å²) in [6.07, 6.45) is -0.559. The van der Waals surface area contributed by atoms with E-state index >= 15 is 0 Å². The lowest BCUT2D eigenvalue weighted by Crippen LogP contribution is -2.49. The molecule has 0 aromatic carbocycles. The lowest BCUT2D eigenvalue weighted by molar-refractivity contribution is -0.0672. The highest BCUT2D eigenvalue weighted by atomic mass is 16.6. The Bertz CT molecular complexity index is 502. The van der Waals surface area contributed by atoms with Gasteiger partial charge in [-0.15, -0.1) is 0 Å². The number of ether oxygens (including phenoxy) is 1. The van der Waals surface area contributed by atoms with Gasteiger partial charge in [-0.25, -0.2) is 9.98 Å². The van der Waals surface area contributed by atoms with Crippen LogP contribution >= 0.6 is 0 Å². The summed E-state index contributed by atoms with van der Waals surface area (Å²) in [6.45, 7) is 1.87. The molecule has 20 heavy (non-hydrogen) atoms. The van der Waals surface area contributed by atoms with Crippen LogP contribution in [0.2, 0.25) is 0 Å². The van der Waals surface area contributed by atoms with E-state index in [4.69, 9.17) is 15.6 Å². The molecule has 0 spiro atoms. The van der Waals surface area contributed by atoms with Crippen LogP contribution in [-0.2, 0) is 4.74 Å². The first-order chi connectivity index (χ1) is 9.45. The third-order valence-electron chi connectivity index (χ3n) is 3.88. The first-order valence-electron chi connectivity index (χ1n) is 6.46. The van der Waals surface area contributed by atoms with E-state index < -0.39 is 30.2 Å². The predicted molar refractivity (Wildman–Crippen MR) is 71.1 cm³/mol. The van der Waals surface area contributed by atoms with Gasteiger partial charge in [0.25, 0.3) is 0 Å². The van der Waals surface area contributed by atoms with Crippen molar-refractivity contribution in [2.75, 3.05) is 13.2 Å². The van der Waals surface area contributed by atoms with Gasteiger partial charge in [0.15, 0.2) is 6.23 Å². The van der Waals surface area contributed by atoms with Crippen LogP contribution in [0.1, 0.15) is 6.92 Å². The molecular weight excluding hydrogens is 264 g/mol. The fourth-order valence-electron chi connectivity index (χ4n) is 2.73. The van der Waals surface area contributed by atoms with E-state index in [1.807, 2.05) is 6.08 Å². The summed E-state index contributed by atoms with van der Waals surface area (Å²) in [7, 11) is 0. The molecule has 8 heteroatoms. The summed E-state index contributed by atoms with van der Waals surface area (Å²) in [5, 5.41) is 29.0. The minimum Gasteiger partial charge on any atom is -0.394 e. The molecule has 1 unspecified atom stereocenters. The largest absolute Gasteiger partial charge is 0.394 e. The number of fused-ring (bicyclic) bond motifs is 1. The molecule has 3 aliphatic rings. The number of rotatable bonds is 2. The zero-order valence-corrected chi connectivity index (χ0v) is 11.0. The fourth-order valence-corrected chi connectivity index (χ4v) is 2.73. The highest BCUT2D eigenvalue weighted by molar-refractivity contribution is 6.07. The van der Waals surface area contributed by atoms with Crippen LogP contribution in [-0.4, -0.2) is 75.7 Å². The van der Waals surface area contributed by atoms with Gasteiger partial charge >= 0.3 is 0 Å². The number of hydrogen-bond donors (Lipinski definition) is 4. The highest BCUT2D eigenvalue weighted by Gasteiger charge is 2.48. The number of aliphatic hydroxyl groups is 3. The molecule has 0 saturated carbocycles. The van der Waals surface area contributed by atoms with E-state index in [2.05, 4.69) is 9.98 Å². The van der Waals surface area contributed by atoms with Gasteiger partial charge in [0.05, 0.1) is 6.61 Å². The lowest BCUT2D eigenvalue weighted by Gasteiger charge is -2.32. The van der Waals surface area contributed by atoms with Crippen LogP contribution in [0.3, 0.4) is 0 Å². The molecule has 3 rings (SSSR count). The fraction of sp³-hybridized carbons (Fsp3) is 0.667. The van der Waals surface area contributed by atoms with Crippen molar-refractivity contribution >= 4 is 12.2 Å². The molecule has 3 aliphatic heterocycles. The Hall–Kier alpha value is -1.32. The van der Waals surface area contributed by atoms with E-state index in [1.54, 1.807) is 11.8 Å². The molecule has 110 valence electrons. The van der Waals surface area contributed by atoms with Crippen molar-refractivity contribution in [1.82, 2.24) is 4.90 Å². The molecule has 1 fully saturated rings. The minimum atomic E-state index is -1.13. The Kier molecular flexibility index (Phi) is 3.14. The van der Waals surface area contributed by atoms with E-state index in [9.17, 15) is 10.2 Å². The van der Waals surface area contributed by atoms with Crippen molar-refractivity contribution in [2.45, 2.75) is 37.1 Å². The van der Waals surface area contributed by atoms with Crippen molar-refractivity contribution in [1.29, 1.82) is 0 Å². The molecule has 3 heterocycles. The first-order valence-corrected chi connectivity index (χ1v) is 6.46. The van der Waals surface area contributed by atoms with Crippen LogP contribution < -0.4 is 5.73 Å². The van der Waals surface area contributed by atoms with Gasteiger partial charge < -0.3 is 30.7 Å². The highest BCUT2D eigenvalue weighted by Crippen LogP contribution is 2.32. The first kappa shape index (κ1) is 13.7. The zero-order valence-electron chi connectivity index (χ0n) is 11.0. The van der Waals surface area contributed by atoms with Crippen LogP contribution in [0, 0.1) is 0 Å². The number of aliphatic imine (C=N–C) groups is 2. The van der Waals surface area contributed by atoms with Gasteiger partial charge in [-0.2, -0.15) is 0 Å². The third kappa shape index (κ3) is 1.88. The Labute approximate surface area is 115 Å². The van der Waals surface area contributed by atoms with E-state index in [0.29, 0.717) is 12.4 Å². The Morgan fingerprint density at radius 3 is 2.90 bits per heavy atom. The number of nitrogens with zero attached hydrogens (tertiary/aromatic N) is 3. The average molecular weight is 282 g/mol. The molecule has 0 bridgehead atoms. The average Bonchev–Trinajstić information content (AvgIpc) is 2.94. The summed E-state index contributed by atoms with van der Waals surface area (Å²) in [5.41, 5.74) is 5.98. The third-order valence-corrected chi connectivity index (χ3v) is 3.88. The number of nitrogens with two attached hydrogens (primary N) is 1. The maximum absolute atomic E-state index is 10.1. The van der Waals surface area contributed by atoms with Crippen molar-refractivity contribution in [2.24, 2.45) is 15.7 Å². The second-order valence-corrected chi connectivity index (χ2v) is 5.34. The predicted octanol–water partition coefficient (Wildman–Crippen LogP) is -2.22. The van der Waals surface area contributed by atoms with Crippen molar-refractivity contribution in [3.8, 4) is 0 Å². The molecule has 1 saturated heterocycles. The van der Waals surface area contributed by atoms with Crippen LogP contribution in [0.5, 0.6) is 0 Å². The van der Waals surface area contributed by atoms with Gasteiger partial charge in [-0.1, -0.05) is 6.08 Å².